The van der Waals surface area contributed by atoms with Crippen LogP contribution in [0.3, 0.4) is 0 Å². The Morgan fingerprint density at radius 3 is 2.67 bits per heavy atom. The minimum atomic E-state index is -0.378. The SMILES string of the molecule is COc1ccc(C)cc1/C=C(\C#N)C(=O)NCCc1ccccc1. The van der Waals surface area contributed by atoms with Crippen LogP contribution < -0.4 is 10.1 Å². The largest absolute Gasteiger partial charge is 0.496 e. The zero-order valence-electron chi connectivity index (χ0n) is 13.9. The first-order valence-electron chi connectivity index (χ1n) is 7.72. The van der Waals surface area contributed by atoms with Crippen molar-refractivity contribution in [2.75, 3.05) is 13.7 Å². The van der Waals surface area contributed by atoms with Crippen LogP contribution in [0, 0.1) is 18.3 Å². The summed E-state index contributed by atoms with van der Waals surface area (Å²) in [4.78, 5) is 12.2. The van der Waals surface area contributed by atoms with Gasteiger partial charge in [-0.15, -0.1) is 0 Å². The maximum absolute atomic E-state index is 12.2. The van der Waals surface area contributed by atoms with Crippen LogP contribution in [0.5, 0.6) is 5.75 Å². The van der Waals surface area contributed by atoms with Crippen LogP contribution in [-0.4, -0.2) is 19.6 Å². The molecule has 0 aromatic heterocycles. The number of carbonyl (C=O) groups is 1. The molecular weight excluding hydrogens is 300 g/mol. The smallest absolute Gasteiger partial charge is 0.261 e. The molecule has 0 unspecified atom stereocenters. The third-order valence-electron chi connectivity index (χ3n) is 3.59. The van der Waals surface area contributed by atoms with E-state index in [0.717, 1.165) is 17.5 Å². The molecule has 1 N–H and O–H groups in total. The Balaban J connectivity index is 2.06. The predicted octanol–water partition coefficient (Wildman–Crippen LogP) is 3.27. The van der Waals surface area contributed by atoms with E-state index in [0.29, 0.717) is 17.9 Å². The second-order valence-electron chi connectivity index (χ2n) is 5.41. The van der Waals surface area contributed by atoms with E-state index in [1.54, 1.807) is 13.2 Å². The van der Waals surface area contributed by atoms with E-state index in [9.17, 15) is 10.1 Å². The molecule has 0 bridgehead atoms. The maximum atomic E-state index is 12.2. The minimum absolute atomic E-state index is 0.0620. The highest BCUT2D eigenvalue weighted by molar-refractivity contribution is 6.02. The van der Waals surface area contributed by atoms with Crippen LogP contribution in [0.2, 0.25) is 0 Å². The number of hydrogen-bond donors (Lipinski definition) is 1. The highest BCUT2D eigenvalue weighted by Crippen LogP contribution is 2.22. The molecule has 4 heteroatoms. The number of hydrogen-bond acceptors (Lipinski definition) is 3. The molecule has 0 aliphatic heterocycles. The summed E-state index contributed by atoms with van der Waals surface area (Å²) in [6, 6.07) is 17.5. The van der Waals surface area contributed by atoms with Gasteiger partial charge in [-0.25, -0.2) is 0 Å². The van der Waals surface area contributed by atoms with Gasteiger partial charge in [0.05, 0.1) is 7.11 Å². The molecule has 0 saturated heterocycles. The van der Waals surface area contributed by atoms with Crippen LogP contribution in [0.4, 0.5) is 0 Å². The van der Waals surface area contributed by atoms with Gasteiger partial charge >= 0.3 is 0 Å². The number of amides is 1. The fourth-order valence-corrected chi connectivity index (χ4v) is 2.33. The standard InChI is InChI=1S/C20H20N2O2/c1-15-8-9-19(24-2)17(12-15)13-18(14-21)20(23)22-11-10-16-6-4-3-5-7-16/h3-9,12-13H,10-11H2,1-2H3,(H,22,23)/b18-13+. The number of benzene rings is 2. The predicted molar refractivity (Wildman–Crippen MR) is 94.5 cm³/mol. The number of carbonyl (C=O) groups excluding carboxylic acids is 1. The van der Waals surface area contributed by atoms with Crippen molar-refractivity contribution >= 4 is 12.0 Å². The Morgan fingerprint density at radius 1 is 1.25 bits per heavy atom. The van der Waals surface area contributed by atoms with E-state index >= 15 is 0 Å². The Labute approximate surface area is 142 Å². The lowest BCUT2D eigenvalue weighted by atomic mass is 10.1. The van der Waals surface area contributed by atoms with Crippen LogP contribution in [0.25, 0.3) is 6.08 Å². The molecule has 2 aromatic carbocycles. The molecule has 0 radical (unpaired) electrons. The molecule has 0 aliphatic carbocycles. The summed E-state index contributed by atoms with van der Waals surface area (Å²) in [6.45, 7) is 2.43. The number of rotatable bonds is 6. The van der Waals surface area contributed by atoms with Gasteiger partial charge in [0.2, 0.25) is 0 Å². The van der Waals surface area contributed by atoms with Gasteiger partial charge in [-0.05, 0) is 37.1 Å². The molecule has 24 heavy (non-hydrogen) atoms. The molecule has 0 spiro atoms. The third-order valence-corrected chi connectivity index (χ3v) is 3.59. The Bertz CT molecular complexity index is 774. The summed E-state index contributed by atoms with van der Waals surface area (Å²) in [5, 5.41) is 12.1. The summed E-state index contributed by atoms with van der Waals surface area (Å²) < 4.78 is 5.28. The fraction of sp³-hybridized carbons (Fsp3) is 0.200. The summed E-state index contributed by atoms with van der Waals surface area (Å²) in [7, 11) is 1.56. The fourth-order valence-electron chi connectivity index (χ4n) is 2.33. The number of methoxy groups -OCH3 is 1. The molecule has 0 fully saturated rings. The second kappa shape index (κ2) is 8.54. The Morgan fingerprint density at radius 2 is 2.00 bits per heavy atom. The number of ether oxygens (including phenoxy) is 1. The van der Waals surface area contributed by atoms with E-state index in [4.69, 9.17) is 4.74 Å². The van der Waals surface area contributed by atoms with E-state index < -0.39 is 0 Å². The van der Waals surface area contributed by atoms with Crippen molar-refractivity contribution in [2.45, 2.75) is 13.3 Å². The van der Waals surface area contributed by atoms with Gasteiger partial charge in [0.15, 0.2) is 0 Å². The van der Waals surface area contributed by atoms with E-state index in [-0.39, 0.29) is 11.5 Å². The van der Waals surface area contributed by atoms with Gasteiger partial charge in [-0.3, -0.25) is 4.79 Å². The molecular formula is C20H20N2O2. The highest BCUT2D eigenvalue weighted by Gasteiger charge is 2.10. The molecule has 2 rings (SSSR count). The van der Waals surface area contributed by atoms with Crippen molar-refractivity contribution in [1.82, 2.24) is 5.32 Å². The number of nitriles is 1. The second-order valence-corrected chi connectivity index (χ2v) is 5.41. The number of nitrogens with one attached hydrogen (secondary N) is 1. The van der Waals surface area contributed by atoms with Crippen molar-refractivity contribution in [3.05, 3.63) is 70.8 Å². The summed E-state index contributed by atoms with van der Waals surface area (Å²) in [6.07, 6.45) is 2.28. The molecule has 1 amide bonds. The van der Waals surface area contributed by atoms with Crippen molar-refractivity contribution in [2.24, 2.45) is 0 Å². The third kappa shape index (κ3) is 4.72. The first kappa shape index (κ1) is 17.3. The summed E-state index contributed by atoms with van der Waals surface area (Å²) >= 11 is 0. The molecule has 0 heterocycles. The Hall–Kier alpha value is -3.06. The van der Waals surface area contributed by atoms with E-state index in [1.165, 1.54) is 0 Å². The van der Waals surface area contributed by atoms with Gasteiger partial charge in [0.25, 0.3) is 5.91 Å². The van der Waals surface area contributed by atoms with Crippen LogP contribution >= 0.6 is 0 Å². The lowest BCUT2D eigenvalue weighted by Gasteiger charge is -2.07. The van der Waals surface area contributed by atoms with Gasteiger partial charge < -0.3 is 10.1 Å². The van der Waals surface area contributed by atoms with Crippen molar-refractivity contribution < 1.29 is 9.53 Å². The van der Waals surface area contributed by atoms with E-state index in [1.807, 2.05) is 61.5 Å². The van der Waals surface area contributed by atoms with Gasteiger partial charge in [-0.1, -0.05) is 42.0 Å². The lowest BCUT2D eigenvalue weighted by Crippen LogP contribution is -2.26. The number of aryl methyl sites for hydroxylation is 1. The molecule has 0 aliphatic rings. The minimum Gasteiger partial charge on any atom is -0.496 e. The molecule has 2 aromatic rings. The van der Waals surface area contributed by atoms with Crippen LogP contribution in [0.15, 0.2) is 54.1 Å². The molecule has 0 saturated carbocycles. The van der Waals surface area contributed by atoms with Crippen molar-refractivity contribution in [3.8, 4) is 11.8 Å². The van der Waals surface area contributed by atoms with Crippen molar-refractivity contribution in [1.29, 1.82) is 5.26 Å². The summed E-state index contributed by atoms with van der Waals surface area (Å²) in [5.41, 5.74) is 2.95. The zero-order valence-corrected chi connectivity index (χ0v) is 13.9. The molecule has 4 nitrogen and oxygen atoms in total. The van der Waals surface area contributed by atoms with Crippen LogP contribution in [0.1, 0.15) is 16.7 Å². The first-order chi connectivity index (χ1) is 11.6. The quantitative estimate of drug-likeness (QED) is 0.656. The van der Waals surface area contributed by atoms with E-state index in [2.05, 4.69) is 5.32 Å². The van der Waals surface area contributed by atoms with Crippen molar-refractivity contribution in [3.63, 3.8) is 0 Å². The van der Waals surface area contributed by atoms with Gasteiger partial charge in [0, 0.05) is 12.1 Å². The molecule has 0 atom stereocenters. The highest BCUT2D eigenvalue weighted by atomic mass is 16.5. The molecule has 122 valence electrons. The topological polar surface area (TPSA) is 62.1 Å². The van der Waals surface area contributed by atoms with Gasteiger partial charge in [0.1, 0.15) is 17.4 Å². The monoisotopic (exact) mass is 320 g/mol. The van der Waals surface area contributed by atoms with Crippen LogP contribution in [-0.2, 0) is 11.2 Å². The van der Waals surface area contributed by atoms with Gasteiger partial charge in [-0.2, -0.15) is 5.26 Å². The Kier molecular flexibility index (Phi) is 6.16. The average Bonchev–Trinajstić information content (AvgIpc) is 2.60. The average molecular weight is 320 g/mol. The normalized spacial score (nSPS) is 10.8. The summed E-state index contributed by atoms with van der Waals surface area (Å²) in [5.74, 6) is 0.252. The first-order valence-corrected chi connectivity index (χ1v) is 7.72. The lowest BCUT2D eigenvalue weighted by molar-refractivity contribution is -0.117. The zero-order chi connectivity index (χ0) is 17.4. The number of nitrogens with zero attached hydrogens (tertiary/aromatic N) is 1. The maximum Gasteiger partial charge on any atom is 0.261 e.